The number of nitrogens with zero attached hydrogens (tertiary/aromatic N) is 1. The highest BCUT2D eigenvalue weighted by molar-refractivity contribution is 6.20. The SMILES string of the molecule is COc1ccccc1C(=CNC(=O)Cc1ccccc1)C(=O)N1CCCCC1. The molecule has 0 spiro atoms. The van der Waals surface area contributed by atoms with Gasteiger partial charge in [-0.15, -0.1) is 0 Å². The van der Waals surface area contributed by atoms with Crippen LogP contribution in [0.2, 0.25) is 0 Å². The van der Waals surface area contributed by atoms with Gasteiger partial charge in [0.2, 0.25) is 5.91 Å². The summed E-state index contributed by atoms with van der Waals surface area (Å²) >= 11 is 0. The van der Waals surface area contributed by atoms with E-state index < -0.39 is 0 Å². The minimum Gasteiger partial charge on any atom is -0.496 e. The highest BCUT2D eigenvalue weighted by Gasteiger charge is 2.23. The van der Waals surface area contributed by atoms with Crippen molar-refractivity contribution in [3.05, 3.63) is 71.9 Å². The summed E-state index contributed by atoms with van der Waals surface area (Å²) in [6.07, 6.45) is 4.94. The Morgan fingerprint density at radius 1 is 1.00 bits per heavy atom. The van der Waals surface area contributed by atoms with Gasteiger partial charge in [0.05, 0.1) is 19.1 Å². The zero-order valence-electron chi connectivity index (χ0n) is 16.2. The molecule has 1 fully saturated rings. The Morgan fingerprint density at radius 2 is 1.68 bits per heavy atom. The molecule has 0 bridgehead atoms. The third kappa shape index (κ3) is 5.00. The van der Waals surface area contributed by atoms with Gasteiger partial charge >= 0.3 is 0 Å². The summed E-state index contributed by atoms with van der Waals surface area (Å²) in [7, 11) is 1.58. The van der Waals surface area contributed by atoms with Crippen molar-refractivity contribution in [3.63, 3.8) is 0 Å². The van der Waals surface area contributed by atoms with E-state index in [1.165, 1.54) is 6.20 Å². The molecule has 5 heteroatoms. The van der Waals surface area contributed by atoms with Crippen LogP contribution in [0.25, 0.3) is 5.57 Å². The molecule has 1 aliphatic rings. The number of carbonyl (C=O) groups excluding carboxylic acids is 2. The molecule has 1 saturated heterocycles. The van der Waals surface area contributed by atoms with Gasteiger partial charge in [-0.2, -0.15) is 0 Å². The molecule has 0 saturated carbocycles. The van der Waals surface area contributed by atoms with Crippen LogP contribution in [-0.4, -0.2) is 36.9 Å². The third-order valence-corrected chi connectivity index (χ3v) is 4.86. The summed E-state index contributed by atoms with van der Waals surface area (Å²) < 4.78 is 5.44. The van der Waals surface area contributed by atoms with Crippen LogP contribution < -0.4 is 10.1 Å². The molecular weight excluding hydrogens is 352 g/mol. The number of hydrogen-bond donors (Lipinski definition) is 1. The molecular formula is C23H26N2O3. The molecule has 1 N–H and O–H groups in total. The van der Waals surface area contributed by atoms with Crippen molar-refractivity contribution in [3.8, 4) is 5.75 Å². The molecule has 146 valence electrons. The minimum absolute atomic E-state index is 0.0794. The van der Waals surface area contributed by atoms with Crippen molar-refractivity contribution < 1.29 is 14.3 Å². The van der Waals surface area contributed by atoms with Gasteiger partial charge in [-0.25, -0.2) is 0 Å². The van der Waals surface area contributed by atoms with E-state index >= 15 is 0 Å². The summed E-state index contributed by atoms with van der Waals surface area (Å²) in [4.78, 5) is 27.4. The zero-order valence-corrected chi connectivity index (χ0v) is 16.2. The van der Waals surface area contributed by atoms with Gasteiger partial charge < -0.3 is 15.0 Å². The van der Waals surface area contributed by atoms with E-state index in [-0.39, 0.29) is 18.2 Å². The largest absolute Gasteiger partial charge is 0.496 e. The Hall–Kier alpha value is -3.08. The Morgan fingerprint density at radius 3 is 2.39 bits per heavy atom. The lowest BCUT2D eigenvalue weighted by atomic mass is 10.0. The van der Waals surface area contributed by atoms with Gasteiger partial charge in [-0.3, -0.25) is 9.59 Å². The predicted octanol–water partition coefficient (Wildman–Crippen LogP) is 3.41. The molecule has 0 unspecified atom stereocenters. The van der Waals surface area contributed by atoms with Gasteiger partial charge in [0.25, 0.3) is 5.91 Å². The van der Waals surface area contributed by atoms with Gasteiger partial charge in [-0.1, -0.05) is 48.5 Å². The summed E-state index contributed by atoms with van der Waals surface area (Å²) in [5.41, 5.74) is 2.05. The van der Waals surface area contributed by atoms with Gasteiger partial charge in [0.1, 0.15) is 5.75 Å². The maximum Gasteiger partial charge on any atom is 0.256 e. The number of piperidine rings is 1. The smallest absolute Gasteiger partial charge is 0.256 e. The van der Waals surface area contributed by atoms with Crippen molar-refractivity contribution in [2.24, 2.45) is 0 Å². The van der Waals surface area contributed by atoms with Crippen LogP contribution in [0.5, 0.6) is 5.75 Å². The first-order valence-electron chi connectivity index (χ1n) is 9.65. The van der Waals surface area contributed by atoms with Crippen LogP contribution in [-0.2, 0) is 16.0 Å². The fourth-order valence-electron chi connectivity index (χ4n) is 3.37. The van der Waals surface area contributed by atoms with Crippen LogP contribution in [0.1, 0.15) is 30.4 Å². The summed E-state index contributed by atoms with van der Waals surface area (Å²) in [5, 5.41) is 2.80. The number of rotatable bonds is 6. The second-order valence-corrected chi connectivity index (χ2v) is 6.84. The summed E-state index contributed by atoms with van der Waals surface area (Å²) in [6.45, 7) is 1.48. The van der Waals surface area contributed by atoms with E-state index in [4.69, 9.17) is 4.74 Å². The van der Waals surface area contributed by atoms with E-state index in [2.05, 4.69) is 5.32 Å². The molecule has 1 aliphatic heterocycles. The number of amides is 2. The topological polar surface area (TPSA) is 58.6 Å². The first-order valence-corrected chi connectivity index (χ1v) is 9.65. The molecule has 2 amide bonds. The first kappa shape index (κ1) is 19.7. The van der Waals surface area contributed by atoms with Crippen molar-refractivity contribution in [2.45, 2.75) is 25.7 Å². The Bertz CT molecular complexity index is 840. The van der Waals surface area contributed by atoms with Crippen LogP contribution in [0, 0.1) is 0 Å². The molecule has 2 aromatic rings. The molecule has 0 radical (unpaired) electrons. The van der Waals surface area contributed by atoms with E-state index in [0.29, 0.717) is 16.9 Å². The maximum absolute atomic E-state index is 13.2. The van der Waals surface area contributed by atoms with E-state index in [1.54, 1.807) is 7.11 Å². The molecule has 3 rings (SSSR count). The van der Waals surface area contributed by atoms with Gasteiger partial charge in [0.15, 0.2) is 0 Å². The number of benzene rings is 2. The molecule has 0 aliphatic carbocycles. The van der Waals surface area contributed by atoms with Crippen molar-refractivity contribution in [1.82, 2.24) is 10.2 Å². The number of para-hydroxylation sites is 1. The number of methoxy groups -OCH3 is 1. The molecule has 0 atom stereocenters. The Labute approximate surface area is 166 Å². The van der Waals surface area contributed by atoms with Crippen LogP contribution >= 0.6 is 0 Å². The van der Waals surface area contributed by atoms with Gasteiger partial charge in [0, 0.05) is 24.9 Å². The number of ether oxygens (including phenoxy) is 1. The number of carbonyl (C=O) groups is 2. The van der Waals surface area contributed by atoms with E-state index in [9.17, 15) is 9.59 Å². The van der Waals surface area contributed by atoms with Crippen LogP contribution in [0.15, 0.2) is 60.8 Å². The number of hydrogen-bond acceptors (Lipinski definition) is 3. The highest BCUT2D eigenvalue weighted by atomic mass is 16.5. The van der Waals surface area contributed by atoms with Gasteiger partial charge in [-0.05, 0) is 30.9 Å². The average molecular weight is 378 g/mol. The minimum atomic E-state index is -0.162. The normalized spacial score (nSPS) is 14.5. The molecule has 0 aromatic heterocycles. The van der Waals surface area contributed by atoms with Crippen molar-refractivity contribution >= 4 is 17.4 Å². The second-order valence-electron chi connectivity index (χ2n) is 6.84. The summed E-state index contributed by atoms with van der Waals surface area (Å²) in [5.74, 6) is 0.366. The zero-order chi connectivity index (χ0) is 19.8. The Balaban J connectivity index is 1.83. The monoisotopic (exact) mass is 378 g/mol. The lowest BCUT2D eigenvalue weighted by Gasteiger charge is -2.28. The van der Waals surface area contributed by atoms with E-state index in [0.717, 1.165) is 37.9 Å². The predicted molar refractivity (Wildman–Crippen MR) is 110 cm³/mol. The average Bonchev–Trinajstić information content (AvgIpc) is 2.75. The fourth-order valence-corrected chi connectivity index (χ4v) is 3.37. The first-order chi connectivity index (χ1) is 13.7. The second kappa shape index (κ2) is 9.74. The molecule has 2 aromatic carbocycles. The van der Waals surface area contributed by atoms with Crippen molar-refractivity contribution in [2.75, 3.05) is 20.2 Å². The van der Waals surface area contributed by atoms with E-state index in [1.807, 2.05) is 59.5 Å². The fraction of sp³-hybridized carbons (Fsp3) is 0.304. The highest BCUT2D eigenvalue weighted by Crippen LogP contribution is 2.27. The lowest BCUT2D eigenvalue weighted by molar-refractivity contribution is -0.125. The number of likely N-dealkylation sites (tertiary alicyclic amines) is 1. The number of nitrogens with one attached hydrogen (secondary N) is 1. The maximum atomic E-state index is 13.2. The molecule has 1 heterocycles. The van der Waals surface area contributed by atoms with Crippen LogP contribution in [0.3, 0.4) is 0 Å². The Kier molecular flexibility index (Phi) is 6.84. The van der Waals surface area contributed by atoms with Crippen molar-refractivity contribution in [1.29, 1.82) is 0 Å². The summed E-state index contributed by atoms with van der Waals surface area (Å²) in [6, 6.07) is 16.9. The quantitative estimate of drug-likeness (QED) is 0.784. The lowest BCUT2D eigenvalue weighted by Crippen LogP contribution is -2.36. The third-order valence-electron chi connectivity index (χ3n) is 4.86. The molecule has 5 nitrogen and oxygen atoms in total. The molecule has 28 heavy (non-hydrogen) atoms. The standard InChI is InChI=1S/C23H26N2O3/c1-28-21-13-7-6-12-19(21)20(23(27)25-14-8-3-9-15-25)17-24-22(26)16-18-10-4-2-5-11-18/h2,4-7,10-13,17H,3,8-9,14-16H2,1H3,(H,24,26). The van der Waals surface area contributed by atoms with Crippen LogP contribution in [0.4, 0.5) is 0 Å².